The van der Waals surface area contributed by atoms with Crippen LogP contribution in [0.25, 0.3) is 11.0 Å². The molecule has 0 radical (unpaired) electrons. The Bertz CT molecular complexity index is 2020. The molecule has 1 N–H and O–H groups in total. The fraction of sp³-hybridized carbons (Fsp3) is 0.525. The highest BCUT2D eigenvalue weighted by atomic mass is 32.2. The molecule has 0 spiro atoms. The summed E-state index contributed by atoms with van der Waals surface area (Å²) in [7, 11) is -0.551. The van der Waals surface area contributed by atoms with Gasteiger partial charge in [-0.15, -0.1) is 5.10 Å². The number of carbonyl (C=O) groups is 1. The third kappa shape index (κ3) is 7.24. The summed E-state index contributed by atoms with van der Waals surface area (Å²) >= 11 is 0. The summed E-state index contributed by atoms with van der Waals surface area (Å²) in [6.07, 6.45) is 11.1. The molecular weight excluding hydrogens is 665 g/mol. The number of carboxylic acid groups (broad SMARTS) is 1. The number of nitrogens with zero attached hydrogens (tertiary/aromatic N) is 4. The van der Waals surface area contributed by atoms with Crippen LogP contribution in [0.1, 0.15) is 111 Å². The van der Waals surface area contributed by atoms with Crippen LogP contribution in [0.2, 0.25) is 0 Å². The van der Waals surface area contributed by atoms with Crippen LogP contribution in [0.4, 0.5) is 0 Å². The minimum atomic E-state index is -3.90. The van der Waals surface area contributed by atoms with Gasteiger partial charge in [-0.25, -0.2) is 13.1 Å². The van der Waals surface area contributed by atoms with Crippen molar-refractivity contribution in [3.8, 4) is 11.5 Å². The topological polar surface area (TPSA) is 124 Å². The summed E-state index contributed by atoms with van der Waals surface area (Å²) in [5.41, 5.74) is 5.73. The zero-order valence-corrected chi connectivity index (χ0v) is 31.0. The van der Waals surface area contributed by atoms with Crippen molar-refractivity contribution in [1.82, 2.24) is 19.3 Å². The second-order valence-corrected chi connectivity index (χ2v) is 17.0. The lowest BCUT2D eigenvalue weighted by molar-refractivity contribution is -0.137. The molecule has 2 aliphatic carbocycles. The van der Waals surface area contributed by atoms with Crippen LogP contribution in [0.5, 0.6) is 11.5 Å². The number of ether oxygens (including phenoxy) is 2. The van der Waals surface area contributed by atoms with Crippen LogP contribution in [0.3, 0.4) is 0 Å². The third-order valence-electron chi connectivity index (χ3n) is 11.7. The maximum Gasteiger partial charge on any atom is 0.304 e. The average Bonchev–Trinajstić information content (AvgIpc) is 3.68. The summed E-state index contributed by atoms with van der Waals surface area (Å²) in [5.74, 6) is 1.66. The van der Waals surface area contributed by atoms with Gasteiger partial charge >= 0.3 is 5.97 Å². The lowest BCUT2D eigenvalue weighted by Gasteiger charge is -2.24. The fourth-order valence-electron chi connectivity index (χ4n) is 8.98. The normalized spacial score (nSPS) is 23.3. The van der Waals surface area contributed by atoms with E-state index in [2.05, 4.69) is 10.3 Å². The molecule has 7 rings (SSSR count). The second kappa shape index (κ2) is 14.6. The first-order chi connectivity index (χ1) is 24.5. The molecule has 1 aromatic heterocycles. The second-order valence-electron chi connectivity index (χ2n) is 15.1. The number of rotatable bonds is 9. The van der Waals surface area contributed by atoms with Crippen molar-refractivity contribution in [2.75, 3.05) is 13.7 Å². The van der Waals surface area contributed by atoms with E-state index in [0.717, 1.165) is 52.4 Å². The lowest BCUT2D eigenvalue weighted by atomic mass is 9.84. The van der Waals surface area contributed by atoms with Crippen molar-refractivity contribution >= 4 is 27.0 Å². The molecular formula is C40H50N4O6S. The monoisotopic (exact) mass is 714 g/mol. The smallest absolute Gasteiger partial charge is 0.304 e. The van der Waals surface area contributed by atoms with Gasteiger partial charge in [-0.1, -0.05) is 68.0 Å². The summed E-state index contributed by atoms with van der Waals surface area (Å²) in [6.45, 7) is 4.20. The fourth-order valence-corrected chi connectivity index (χ4v) is 10.6. The van der Waals surface area contributed by atoms with Crippen molar-refractivity contribution in [3.63, 3.8) is 0 Å². The Labute approximate surface area is 301 Å². The maximum atomic E-state index is 14.3. The molecule has 2 unspecified atom stereocenters. The average molecular weight is 715 g/mol. The van der Waals surface area contributed by atoms with E-state index in [0.29, 0.717) is 22.9 Å². The van der Waals surface area contributed by atoms with Crippen molar-refractivity contribution in [3.05, 3.63) is 76.3 Å². The molecule has 0 saturated heterocycles. The van der Waals surface area contributed by atoms with E-state index < -0.39 is 21.9 Å². The summed E-state index contributed by atoms with van der Waals surface area (Å²) in [6, 6.07) is 15.3. The molecule has 2 saturated carbocycles. The van der Waals surface area contributed by atoms with Gasteiger partial charge in [0.2, 0.25) is 10.0 Å². The largest absolute Gasteiger partial charge is 0.494 e. The van der Waals surface area contributed by atoms with Gasteiger partial charge < -0.3 is 14.6 Å². The van der Waals surface area contributed by atoms with Crippen LogP contribution in [0, 0.1) is 18.8 Å². The van der Waals surface area contributed by atoms with E-state index in [9.17, 15) is 18.3 Å². The molecule has 51 heavy (non-hydrogen) atoms. The van der Waals surface area contributed by atoms with Gasteiger partial charge in [-0.2, -0.15) is 4.31 Å². The predicted molar refractivity (Wildman–Crippen MR) is 196 cm³/mol. The molecule has 272 valence electrons. The summed E-state index contributed by atoms with van der Waals surface area (Å²) in [5, 5.41) is 18.3. The number of fused-ring (bicyclic) bond motifs is 2. The molecule has 0 amide bonds. The minimum absolute atomic E-state index is 0.133. The number of carboxylic acids is 1. The molecule has 4 atom stereocenters. The number of aromatic nitrogens is 3. The highest BCUT2D eigenvalue weighted by Crippen LogP contribution is 2.44. The number of sulfonamides is 1. The molecule has 3 aliphatic rings. The van der Waals surface area contributed by atoms with Crippen LogP contribution < -0.4 is 9.47 Å². The number of hydrogen-bond acceptors (Lipinski definition) is 7. The van der Waals surface area contributed by atoms with Crippen LogP contribution >= 0.6 is 0 Å². The van der Waals surface area contributed by atoms with Gasteiger partial charge in [0.1, 0.15) is 33.5 Å². The summed E-state index contributed by atoms with van der Waals surface area (Å²) in [4.78, 5) is 12.4. The van der Waals surface area contributed by atoms with Crippen LogP contribution in [-0.2, 0) is 28.4 Å². The van der Waals surface area contributed by atoms with Gasteiger partial charge in [0.05, 0.1) is 20.1 Å². The first kappa shape index (κ1) is 35.4. The van der Waals surface area contributed by atoms with Crippen molar-refractivity contribution < 1.29 is 27.8 Å². The van der Waals surface area contributed by atoms with Gasteiger partial charge in [0.25, 0.3) is 0 Å². The van der Waals surface area contributed by atoms with E-state index in [1.165, 1.54) is 54.8 Å². The number of methoxy groups -OCH3 is 1. The number of aryl methyl sites for hydroxylation is 2. The number of benzene rings is 3. The summed E-state index contributed by atoms with van der Waals surface area (Å²) < 4.78 is 43.8. The first-order valence-corrected chi connectivity index (χ1v) is 19.9. The van der Waals surface area contributed by atoms with Gasteiger partial charge in [0, 0.05) is 19.5 Å². The zero-order valence-electron chi connectivity index (χ0n) is 30.2. The lowest BCUT2D eigenvalue weighted by Crippen LogP contribution is -2.35. The molecule has 0 bridgehead atoms. The van der Waals surface area contributed by atoms with Gasteiger partial charge in [-0.3, -0.25) is 4.79 Å². The molecule has 2 fully saturated rings. The quantitative estimate of drug-likeness (QED) is 0.175. The Morgan fingerprint density at radius 2 is 1.75 bits per heavy atom. The van der Waals surface area contributed by atoms with Gasteiger partial charge in [0.15, 0.2) is 0 Å². The first-order valence-electron chi connectivity index (χ1n) is 18.5. The highest BCUT2D eigenvalue weighted by Gasteiger charge is 2.35. The molecule has 1 aliphatic heterocycles. The van der Waals surface area contributed by atoms with E-state index in [1.54, 1.807) is 24.9 Å². The molecule has 10 nitrogen and oxygen atoms in total. The van der Waals surface area contributed by atoms with Crippen molar-refractivity contribution in [2.45, 2.75) is 107 Å². The third-order valence-corrected chi connectivity index (χ3v) is 13.6. The van der Waals surface area contributed by atoms with Gasteiger partial charge in [-0.05, 0) is 103 Å². The molecule has 4 aromatic rings. The Morgan fingerprint density at radius 1 is 0.980 bits per heavy atom. The standard InChI is InChI=1S/C40H50N4O6S/c1-25-12-13-31(34(22-39(45)46)32-19-35-40(37(21-32)49-4)43(3)42-41-35)18-33(25)24-44-23-26(2)50-36-20-30(16-17-38(36)51(44,47)48)29-11-7-10-28(14-15-29)27-8-5-6-9-27/h12-13,16-21,26-29,34H,5-11,14-15,22-24H2,1-4H3,(H,45,46)/t26-,28?,29?,34+/m1/s1. The highest BCUT2D eigenvalue weighted by molar-refractivity contribution is 7.89. The van der Waals surface area contributed by atoms with E-state index in [4.69, 9.17) is 9.47 Å². The maximum absolute atomic E-state index is 14.3. The Morgan fingerprint density at radius 3 is 2.51 bits per heavy atom. The Balaban J connectivity index is 1.16. The number of aliphatic carboxylic acids is 1. The molecule has 11 heteroatoms. The Kier molecular flexibility index (Phi) is 10.1. The van der Waals surface area contributed by atoms with E-state index in [1.807, 2.05) is 56.3 Å². The molecule has 2 heterocycles. The van der Waals surface area contributed by atoms with E-state index >= 15 is 0 Å². The zero-order chi connectivity index (χ0) is 35.9. The van der Waals surface area contributed by atoms with Crippen LogP contribution in [-0.4, -0.2) is 58.6 Å². The predicted octanol–water partition coefficient (Wildman–Crippen LogP) is 7.72. The van der Waals surface area contributed by atoms with Crippen molar-refractivity contribution in [2.24, 2.45) is 18.9 Å². The van der Waals surface area contributed by atoms with Crippen LogP contribution in [0.15, 0.2) is 53.4 Å². The SMILES string of the molecule is COc1cc([C@@H](CC(=O)O)c2ccc(C)c(CN3C[C@@H](C)Oc4cc(C5CCCC(C6CCCC6)CC5)ccc4S3(=O)=O)c2)cc2nnn(C)c12. The van der Waals surface area contributed by atoms with E-state index in [-0.39, 0.29) is 30.5 Å². The Hall–Kier alpha value is -3.96. The molecule has 3 aromatic carbocycles. The van der Waals surface area contributed by atoms with Crippen molar-refractivity contribution in [1.29, 1.82) is 0 Å². The number of hydrogen-bond donors (Lipinski definition) is 1. The minimum Gasteiger partial charge on any atom is -0.494 e.